The zero-order valence-electron chi connectivity index (χ0n) is 10.1. The Labute approximate surface area is 108 Å². The fraction of sp³-hybridized carbons (Fsp3) is 0.500. The van der Waals surface area contributed by atoms with E-state index in [4.69, 9.17) is 5.11 Å². The van der Waals surface area contributed by atoms with Crippen LogP contribution in [-0.2, 0) is 0 Å². The van der Waals surface area contributed by atoms with E-state index >= 15 is 0 Å². The third-order valence-corrected chi connectivity index (χ3v) is 4.35. The maximum absolute atomic E-state index is 10.9. The predicted octanol–water partition coefficient (Wildman–Crippen LogP) is 2.56. The summed E-state index contributed by atoms with van der Waals surface area (Å²) in [6.45, 7) is 4.30. The van der Waals surface area contributed by atoms with E-state index in [0.717, 1.165) is 29.4 Å². The first-order valence-corrected chi connectivity index (χ1v) is 6.93. The van der Waals surface area contributed by atoms with Gasteiger partial charge in [-0.2, -0.15) is 0 Å². The molecule has 0 bridgehead atoms. The number of hydrogen-bond acceptors (Lipinski definition) is 4. The molecule has 2 N–H and O–H groups in total. The first-order valence-electron chi connectivity index (χ1n) is 6.11. The number of aromatic carboxylic acids is 1. The van der Waals surface area contributed by atoms with Gasteiger partial charge in [0.05, 0.1) is 5.52 Å². The Kier molecular flexibility index (Phi) is 2.74. The number of rotatable bonds is 2. The normalized spacial score (nSPS) is 20.5. The summed E-state index contributed by atoms with van der Waals surface area (Å²) in [5, 5.41) is 8.92. The van der Waals surface area contributed by atoms with Crippen molar-refractivity contribution in [3.63, 3.8) is 0 Å². The molecule has 3 rings (SSSR count). The first-order chi connectivity index (χ1) is 8.63. The molecule has 1 saturated heterocycles. The molecule has 6 heteroatoms. The average molecular weight is 265 g/mol. The van der Waals surface area contributed by atoms with Crippen molar-refractivity contribution in [2.24, 2.45) is 5.92 Å². The number of nitrogens with one attached hydrogen (secondary N) is 1. The second-order valence-electron chi connectivity index (χ2n) is 4.89. The molecule has 5 nitrogen and oxygen atoms in total. The smallest absolute Gasteiger partial charge is 0.346 e. The van der Waals surface area contributed by atoms with E-state index in [-0.39, 0.29) is 0 Å². The molecule has 2 aromatic heterocycles. The maximum atomic E-state index is 10.9. The van der Waals surface area contributed by atoms with Crippen molar-refractivity contribution in [2.45, 2.75) is 19.8 Å². The summed E-state index contributed by atoms with van der Waals surface area (Å²) in [4.78, 5) is 21.9. The molecular weight excluding hydrogens is 250 g/mol. The molecule has 96 valence electrons. The Bertz CT molecular complexity index is 558. The summed E-state index contributed by atoms with van der Waals surface area (Å²) in [7, 11) is 0. The van der Waals surface area contributed by atoms with Crippen LogP contribution in [0, 0.1) is 5.92 Å². The van der Waals surface area contributed by atoms with Crippen LogP contribution in [-0.4, -0.2) is 34.1 Å². The second-order valence-corrected chi connectivity index (χ2v) is 5.92. The van der Waals surface area contributed by atoms with E-state index in [0.29, 0.717) is 10.8 Å². The number of nitrogens with zero attached hydrogens (tertiary/aromatic N) is 2. The van der Waals surface area contributed by atoms with Crippen LogP contribution < -0.4 is 4.90 Å². The lowest BCUT2D eigenvalue weighted by atomic mass is 10.0. The van der Waals surface area contributed by atoms with Crippen LogP contribution in [0.1, 0.15) is 29.4 Å². The number of anilines is 1. The van der Waals surface area contributed by atoms with Crippen molar-refractivity contribution in [3.8, 4) is 0 Å². The van der Waals surface area contributed by atoms with Gasteiger partial charge in [0.25, 0.3) is 0 Å². The molecule has 1 aliphatic heterocycles. The Hall–Kier alpha value is -1.56. The van der Waals surface area contributed by atoms with Crippen LogP contribution in [0.2, 0.25) is 0 Å². The summed E-state index contributed by atoms with van der Waals surface area (Å²) in [6, 6.07) is 1.66. The predicted molar refractivity (Wildman–Crippen MR) is 71.5 cm³/mol. The molecule has 18 heavy (non-hydrogen) atoms. The molecule has 3 heterocycles. The second kappa shape index (κ2) is 4.28. The number of H-pyrrole nitrogens is 1. The molecule has 0 aliphatic carbocycles. The topological polar surface area (TPSA) is 69.2 Å². The molecule has 0 unspecified atom stereocenters. The number of piperidine rings is 1. The van der Waals surface area contributed by atoms with Gasteiger partial charge in [-0.3, -0.25) is 0 Å². The van der Waals surface area contributed by atoms with Gasteiger partial charge < -0.3 is 15.0 Å². The van der Waals surface area contributed by atoms with Crippen LogP contribution in [0.5, 0.6) is 0 Å². The van der Waals surface area contributed by atoms with Gasteiger partial charge in [0, 0.05) is 13.1 Å². The molecule has 0 aromatic carbocycles. The van der Waals surface area contributed by atoms with Gasteiger partial charge in [-0.25, -0.2) is 9.78 Å². The summed E-state index contributed by atoms with van der Waals surface area (Å²) in [6.07, 6.45) is 2.46. The van der Waals surface area contributed by atoms with E-state index in [2.05, 4.69) is 21.8 Å². The number of carbonyl (C=O) groups is 1. The van der Waals surface area contributed by atoms with Gasteiger partial charge in [-0.05, 0) is 24.8 Å². The molecular formula is C12H15N3O2S. The van der Waals surface area contributed by atoms with Crippen LogP contribution in [0.3, 0.4) is 0 Å². The van der Waals surface area contributed by atoms with Gasteiger partial charge in [0.15, 0.2) is 0 Å². The Morgan fingerprint density at radius 1 is 1.67 bits per heavy atom. The SMILES string of the molecule is C[C@H]1CCCN(c2nc3sc(C(=O)O)cc3[nH]2)C1. The summed E-state index contributed by atoms with van der Waals surface area (Å²) in [5.74, 6) is 0.677. The number of imidazole rings is 1. The highest BCUT2D eigenvalue weighted by Crippen LogP contribution is 2.28. The van der Waals surface area contributed by atoms with Crippen LogP contribution in [0.25, 0.3) is 10.3 Å². The highest BCUT2D eigenvalue weighted by molar-refractivity contribution is 7.20. The molecule has 1 atom stereocenters. The van der Waals surface area contributed by atoms with Crippen LogP contribution >= 0.6 is 11.3 Å². The van der Waals surface area contributed by atoms with Gasteiger partial charge in [-0.15, -0.1) is 11.3 Å². The molecule has 0 amide bonds. The van der Waals surface area contributed by atoms with Crippen molar-refractivity contribution >= 4 is 33.6 Å². The standard InChI is InChI=1S/C12H15N3O2S/c1-7-3-2-4-15(6-7)12-13-8-5-9(11(16)17)18-10(8)14-12/h5,7H,2-4,6H2,1H3,(H,13,14)(H,16,17)/t7-/m0/s1. The average Bonchev–Trinajstić information content (AvgIpc) is 2.86. The van der Waals surface area contributed by atoms with Crippen molar-refractivity contribution < 1.29 is 9.90 Å². The zero-order chi connectivity index (χ0) is 12.7. The molecule has 1 aliphatic rings. The third kappa shape index (κ3) is 1.96. The van der Waals surface area contributed by atoms with Crippen molar-refractivity contribution in [1.82, 2.24) is 9.97 Å². The van der Waals surface area contributed by atoms with Gasteiger partial charge in [0.1, 0.15) is 9.71 Å². The van der Waals surface area contributed by atoms with Gasteiger partial charge in [0.2, 0.25) is 5.95 Å². The fourth-order valence-corrected chi connectivity index (χ4v) is 3.26. The number of hydrogen-bond donors (Lipinski definition) is 2. The van der Waals surface area contributed by atoms with E-state index < -0.39 is 5.97 Å². The Balaban J connectivity index is 1.89. The molecule has 2 aromatic rings. The lowest BCUT2D eigenvalue weighted by molar-refractivity contribution is 0.0702. The van der Waals surface area contributed by atoms with Gasteiger partial charge >= 0.3 is 5.97 Å². The minimum atomic E-state index is -0.889. The summed E-state index contributed by atoms with van der Waals surface area (Å²) in [5.41, 5.74) is 0.825. The minimum Gasteiger partial charge on any atom is -0.477 e. The monoisotopic (exact) mass is 265 g/mol. The Morgan fingerprint density at radius 2 is 2.50 bits per heavy atom. The molecule has 0 saturated carbocycles. The molecule has 0 spiro atoms. The van der Waals surface area contributed by atoms with E-state index in [1.165, 1.54) is 24.2 Å². The fourth-order valence-electron chi connectivity index (χ4n) is 2.44. The van der Waals surface area contributed by atoms with Gasteiger partial charge in [-0.1, -0.05) is 6.92 Å². The highest BCUT2D eigenvalue weighted by atomic mass is 32.1. The molecule has 0 radical (unpaired) electrons. The van der Waals surface area contributed by atoms with E-state index in [1.54, 1.807) is 6.07 Å². The quantitative estimate of drug-likeness (QED) is 0.875. The number of thiophene rings is 1. The first kappa shape index (κ1) is 11.5. The van der Waals surface area contributed by atoms with Crippen molar-refractivity contribution in [1.29, 1.82) is 0 Å². The number of carboxylic acids is 1. The summed E-state index contributed by atoms with van der Waals surface area (Å²) >= 11 is 1.22. The van der Waals surface area contributed by atoms with E-state index in [1.807, 2.05) is 0 Å². The van der Waals surface area contributed by atoms with E-state index in [9.17, 15) is 4.79 Å². The lowest BCUT2D eigenvalue weighted by Crippen LogP contribution is -2.34. The molecule has 1 fully saturated rings. The lowest BCUT2D eigenvalue weighted by Gasteiger charge is -2.30. The number of aromatic amines is 1. The minimum absolute atomic E-state index is 0.335. The van der Waals surface area contributed by atoms with Crippen molar-refractivity contribution in [2.75, 3.05) is 18.0 Å². The highest BCUT2D eigenvalue weighted by Gasteiger charge is 2.20. The zero-order valence-corrected chi connectivity index (χ0v) is 11.0. The van der Waals surface area contributed by atoms with Crippen LogP contribution in [0.4, 0.5) is 5.95 Å². The number of carboxylic acid groups (broad SMARTS) is 1. The maximum Gasteiger partial charge on any atom is 0.346 e. The van der Waals surface area contributed by atoms with Crippen molar-refractivity contribution in [3.05, 3.63) is 10.9 Å². The third-order valence-electron chi connectivity index (χ3n) is 3.33. The van der Waals surface area contributed by atoms with Crippen LogP contribution in [0.15, 0.2) is 6.07 Å². The number of fused-ring (bicyclic) bond motifs is 1. The number of aromatic nitrogens is 2. The largest absolute Gasteiger partial charge is 0.477 e. The Morgan fingerprint density at radius 3 is 3.17 bits per heavy atom. The summed E-state index contributed by atoms with van der Waals surface area (Å²) < 4.78 is 0.